The second-order valence-electron chi connectivity index (χ2n) is 6.43. The van der Waals surface area contributed by atoms with Crippen LogP contribution in [0.4, 0.5) is 5.82 Å². The van der Waals surface area contributed by atoms with E-state index in [1.807, 2.05) is 6.92 Å². The van der Waals surface area contributed by atoms with E-state index < -0.39 is 0 Å². The molecule has 0 unspecified atom stereocenters. The maximum atomic E-state index is 12.0. The summed E-state index contributed by atoms with van der Waals surface area (Å²) in [4.78, 5) is 13.4. The Balaban J connectivity index is 1.41. The molecule has 2 N–H and O–H groups in total. The van der Waals surface area contributed by atoms with Crippen LogP contribution in [-0.4, -0.2) is 30.7 Å². The summed E-state index contributed by atoms with van der Waals surface area (Å²) in [7, 11) is 0. The standard InChI is InChI=1S/C18H23N3O2/c1-14-11-17(20-23-14)19-18(22)13-21-9-7-16(8-10-21)12-15-5-3-2-4-6-15/h2-6,11,16H,7-10,12-13H2,1H3,(H,19,20,22)/p+1. The molecule has 0 atom stereocenters. The van der Waals surface area contributed by atoms with Gasteiger partial charge in [-0.3, -0.25) is 4.79 Å². The first-order valence-corrected chi connectivity index (χ1v) is 8.29. The summed E-state index contributed by atoms with van der Waals surface area (Å²) in [5.74, 6) is 1.96. The van der Waals surface area contributed by atoms with Crippen LogP contribution in [0.5, 0.6) is 0 Å². The number of aryl methyl sites for hydroxylation is 1. The van der Waals surface area contributed by atoms with Gasteiger partial charge in [-0.05, 0) is 37.7 Å². The molecule has 2 aromatic rings. The minimum atomic E-state index is 0.00908. The van der Waals surface area contributed by atoms with Gasteiger partial charge in [0, 0.05) is 6.07 Å². The molecule has 0 radical (unpaired) electrons. The quantitative estimate of drug-likeness (QED) is 0.878. The molecular formula is C18H24N3O2+. The van der Waals surface area contributed by atoms with Crippen molar-refractivity contribution in [3.05, 3.63) is 47.7 Å². The van der Waals surface area contributed by atoms with Crippen LogP contribution in [0.2, 0.25) is 0 Å². The molecule has 1 aliphatic heterocycles. The van der Waals surface area contributed by atoms with Crippen molar-refractivity contribution in [3.8, 4) is 0 Å². The Morgan fingerprint density at radius 1 is 1.30 bits per heavy atom. The van der Waals surface area contributed by atoms with Crippen LogP contribution >= 0.6 is 0 Å². The molecule has 5 heteroatoms. The second kappa shape index (κ2) is 7.42. The highest BCUT2D eigenvalue weighted by molar-refractivity contribution is 5.90. The number of anilines is 1. The molecule has 1 aromatic carbocycles. The average molecular weight is 314 g/mol. The van der Waals surface area contributed by atoms with Crippen LogP contribution in [0, 0.1) is 12.8 Å². The summed E-state index contributed by atoms with van der Waals surface area (Å²) in [5.41, 5.74) is 1.42. The van der Waals surface area contributed by atoms with Crippen LogP contribution < -0.4 is 10.2 Å². The highest BCUT2D eigenvalue weighted by atomic mass is 16.5. The maximum absolute atomic E-state index is 12.0. The van der Waals surface area contributed by atoms with E-state index in [0.717, 1.165) is 25.4 Å². The molecule has 0 spiro atoms. The van der Waals surface area contributed by atoms with Crippen molar-refractivity contribution in [3.63, 3.8) is 0 Å². The monoisotopic (exact) mass is 314 g/mol. The van der Waals surface area contributed by atoms with Crippen molar-refractivity contribution >= 4 is 11.7 Å². The van der Waals surface area contributed by atoms with E-state index in [1.54, 1.807) is 6.07 Å². The van der Waals surface area contributed by atoms with E-state index in [2.05, 4.69) is 40.8 Å². The minimum Gasteiger partial charge on any atom is -0.360 e. The Morgan fingerprint density at radius 2 is 2.04 bits per heavy atom. The molecule has 0 bridgehead atoms. The Morgan fingerprint density at radius 3 is 2.70 bits per heavy atom. The Labute approximate surface area is 136 Å². The zero-order chi connectivity index (χ0) is 16.1. The largest absolute Gasteiger partial charge is 0.360 e. The molecule has 1 amide bonds. The number of piperidine rings is 1. The fourth-order valence-electron chi connectivity index (χ4n) is 3.25. The van der Waals surface area contributed by atoms with Gasteiger partial charge in [-0.1, -0.05) is 35.5 Å². The van der Waals surface area contributed by atoms with Crippen molar-refractivity contribution in [2.75, 3.05) is 25.0 Å². The number of quaternary nitrogens is 1. The zero-order valence-electron chi connectivity index (χ0n) is 13.5. The van der Waals surface area contributed by atoms with Crippen molar-refractivity contribution < 1.29 is 14.2 Å². The van der Waals surface area contributed by atoms with Gasteiger partial charge in [0.1, 0.15) is 5.76 Å². The van der Waals surface area contributed by atoms with Crippen LogP contribution in [0.25, 0.3) is 0 Å². The molecule has 5 nitrogen and oxygen atoms in total. The van der Waals surface area contributed by atoms with Gasteiger partial charge in [0.25, 0.3) is 5.91 Å². The molecule has 0 saturated carbocycles. The normalized spacial score (nSPS) is 21.1. The number of likely N-dealkylation sites (tertiary alicyclic amines) is 1. The number of hydrogen-bond donors (Lipinski definition) is 2. The lowest BCUT2D eigenvalue weighted by atomic mass is 9.90. The molecule has 1 aliphatic rings. The second-order valence-corrected chi connectivity index (χ2v) is 6.43. The third kappa shape index (κ3) is 4.66. The van der Waals surface area contributed by atoms with Crippen molar-refractivity contribution in [1.82, 2.24) is 5.16 Å². The molecule has 0 aliphatic carbocycles. The number of carbonyl (C=O) groups is 1. The smallest absolute Gasteiger partial charge is 0.280 e. The molecule has 23 heavy (non-hydrogen) atoms. The topological polar surface area (TPSA) is 59.6 Å². The fraction of sp³-hybridized carbons (Fsp3) is 0.444. The van der Waals surface area contributed by atoms with Gasteiger partial charge in [0.2, 0.25) is 0 Å². The number of hydrogen-bond acceptors (Lipinski definition) is 3. The summed E-state index contributed by atoms with van der Waals surface area (Å²) >= 11 is 0. The lowest BCUT2D eigenvalue weighted by Crippen LogP contribution is -3.14. The van der Waals surface area contributed by atoms with Crippen LogP contribution in [0.15, 0.2) is 40.9 Å². The molecule has 2 heterocycles. The minimum absolute atomic E-state index is 0.00908. The van der Waals surface area contributed by atoms with E-state index in [9.17, 15) is 4.79 Å². The molecule has 1 saturated heterocycles. The first kappa shape index (κ1) is 15.7. The van der Waals surface area contributed by atoms with Crippen LogP contribution in [-0.2, 0) is 11.2 Å². The highest BCUT2D eigenvalue weighted by Gasteiger charge is 2.24. The van der Waals surface area contributed by atoms with Gasteiger partial charge in [-0.25, -0.2) is 0 Å². The fourth-order valence-corrected chi connectivity index (χ4v) is 3.25. The summed E-state index contributed by atoms with van der Waals surface area (Å²) in [6, 6.07) is 12.4. The lowest BCUT2D eigenvalue weighted by molar-refractivity contribution is -0.898. The summed E-state index contributed by atoms with van der Waals surface area (Å²) in [6.07, 6.45) is 3.51. The molecule has 122 valence electrons. The Kier molecular flexibility index (Phi) is 5.08. The summed E-state index contributed by atoms with van der Waals surface area (Å²) in [5, 5.41) is 6.59. The van der Waals surface area contributed by atoms with Gasteiger partial charge in [0.05, 0.1) is 13.1 Å². The van der Waals surface area contributed by atoms with Gasteiger partial charge in [0.15, 0.2) is 12.4 Å². The summed E-state index contributed by atoms with van der Waals surface area (Å²) in [6.45, 7) is 4.43. The first-order chi connectivity index (χ1) is 11.2. The van der Waals surface area contributed by atoms with E-state index in [-0.39, 0.29) is 5.91 Å². The van der Waals surface area contributed by atoms with Gasteiger partial charge in [-0.2, -0.15) is 0 Å². The average Bonchev–Trinajstić information content (AvgIpc) is 2.95. The Hall–Kier alpha value is -2.14. The van der Waals surface area contributed by atoms with Crippen molar-refractivity contribution in [1.29, 1.82) is 0 Å². The molecule has 1 fully saturated rings. The van der Waals surface area contributed by atoms with E-state index in [1.165, 1.54) is 23.3 Å². The molecule has 3 rings (SSSR count). The SMILES string of the molecule is Cc1cc(NC(=O)C[NH+]2CCC(Cc3ccccc3)CC2)no1. The number of nitrogens with zero attached hydrogens (tertiary/aromatic N) is 1. The molecule has 1 aromatic heterocycles. The zero-order valence-corrected chi connectivity index (χ0v) is 13.5. The predicted octanol–water partition coefficient (Wildman–Crippen LogP) is 1.46. The third-order valence-corrected chi connectivity index (χ3v) is 4.49. The number of amides is 1. The predicted molar refractivity (Wildman–Crippen MR) is 88.3 cm³/mol. The Bertz CT molecular complexity index is 631. The van der Waals surface area contributed by atoms with Gasteiger partial charge in [-0.15, -0.1) is 0 Å². The number of benzene rings is 1. The maximum Gasteiger partial charge on any atom is 0.280 e. The van der Waals surface area contributed by atoms with Gasteiger partial charge >= 0.3 is 0 Å². The van der Waals surface area contributed by atoms with Crippen LogP contribution in [0.1, 0.15) is 24.2 Å². The number of rotatable bonds is 5. The molecular weight excluding hydrogens is 290 g/mol. The lowest BCUT2D eigenvalue weighted by Gasteiger charge is -2.28. The van der Waals surface area contributed by atoms with Crippen LogP contribution in [0.3, 0.4) is 0 Å². The van der Waals surface area contributed by atoms with E-state index in [4.69, 9.17) is 4.52 Å². The van der Waals surface area contributed by atoms with Crippen molar-refractivity contribution in [2.24, 2.45) is 5.92 Å². The van der Waals surface area contributed by atoms with E-state index >= 15 is 0 Å². The summed E-state index contributed by atoms with van der Waals surface area (Å²) < 4.78 is 4.95. The van der Waals surface area contributed by atoms with Gasteiger partial charge < -0.3 is 14.7 Å². The first-order valence-electron chi connectivity index (χ1n) is 8.29. The highest BCUT2D eigenvalue weighted by Crippen LogP contribution is 2.16. The van der Waals surface area contributed by atoms with Crippen molar-refractivity contribution in [2.45, 2.75) is 26.2 Å². The third-order valence-electron chi connectivity index (χ3n) is 4.49. The number of nitrogens with one attached hydrogen (secondary N) is 2. The van der Waals surface area contributed by atoms with E-state index in [0.29, 0.717) is 18.1 Å². The number of carbonyl (C=O) groups excluding carboxylic acids is 1. The number of aromatic nitrogens is 1.